The van der Waals surface area contributed by atoms with Gasteiger partial charge in [-0.1, -0.05) is 18.2 Å². The first-order chi connectivity index (χ1) is 8.78. The molecule has 1 aromatic heterocycles. The average Bonchev–Trinajstić information content (AvgIpc) is 2.94. The number of hydrogen-bond acceptors (Lipinski definition) is 6. The Bertz CT molecular complexity index is 588. The topological polar surface area (TPSA) is 105 Å². The van der Waals surface area contributed by atoms with Crippen molar-refractivity contribution >= 4 is 6.34 Å². The summed E-state index contributed by atoms with van der Waals surface area (Å²) in [5, 5.41) is 16.7. The Kier molecular flexibility index (Phi) is 2.38. The molecule has 2 aromatic rings. The van der Waals surface area contributed by atoms with Crippen LogP contribution in [0.3, 0.4) is 0 Å². The molecule has 1 aliphatic heterocycles. The Morgan fingerprint density at radius 2 is 2.22 bits per heavy atom. The van der Waals surface area contributed by atoms with E-state index >= 15 is 0 Å². The van der Waals surface area contributed by atoms with Gasteiger partial charge in [-0.3, -0.25) is 5.73 Å². The molecular formula is C11H11N7. The zero-order chi connectivity index (χ0) is 12.4. The molecule has 7 nitrogen and oxygen atoms in total. The zero-order valence-corrected chi connectivity index (χ0v) is 9.41. The number of aromatic nitrogens is 4. The molecule has 0 saturated heterocycles. The maximum atomic E-state index is 6.21. The van der Waals surface area contributed by atoms with E-state index in [0.29, 0.717) is 5.82 Å². The van der Waals surface area contributed by atoms with E-state index in [0.717, 1.165) is 11.1 Å². The zero-order valence-electron chi connectivity index (χ0n) is 9.41. The lowest BCUT2D eigenvalue weighted by Crippen LogP contribution is -2.35. The molecule has 0 aliphatic carbocycles. The van der Waals surface area contributed by atoms with Gasteiger partial charge in [0.25, 0.3) is 0 Å². The number of hydrogen-bond donors (Lipinski definition) is 3. The number of tetrazole rings is 1. The molecule has 2 heterocycles. The van der Waals surface area contributed by atoms with E-state index in [1.165, 1.54) is 0 Å². The van der Waals surface area contributed by atoms with Crippen molar-refractivity contribution in [3.63, 3.8) is 0 Å². The summed E-state index contributed by atoms with van der Waals surface area (Å²) in [5.74, 6) is 0.530. The minimum Gasteiger partial charge on any atom is -0.353 e. The molecule has 0 spiro atoms. The smallest absolute Gasteiger partial charge is 0.204 e. The third-order valence-electron chi connectivity index (χ3n) is 2.71. The molecule has 0 amide bonds. The highest BCUT2D eigenvalue weighted by Gasteiger charge is 2.24. The molecule has 90 valence electrons. The summed E-state index contributed by atoms with van der Waals surface area (Å²) >= 11 is 0. The van der Waals surface area contributed by atoms with E-state index in [-0.39, 0.29) is 0 Å². The number of nitrogens with one attached hydrogen (secondary N) is 2. The molecule has 0 fully saturated rings. The van der Waals surface area contributed by atoms with Crippen LogP contribution in [-0.4, -0.2) is 27.0 Å². The fraction of sp³-hybridized carbons (Fsp3) is 0.0909. The number of nitrogens with two attached hydrogens (primary N) is 1. The average molecular weight is 241 g/mol. The van der Waals surface area contributed by atoms with Gasteiger partial charge >= 0.3 is 0 Å². The molecule has 1 aromatic carbocycles. The third kappa shape index (κ3) is 1.76. The Morgan fingerprint density at radius 3 is 2.94 bits per heavy atom. The minimum atomic E-state index is -0.856. The van der Waals surface area contributed by atoms with Gasteiger partial charge in [0, 0.05) is 11.8 Å². The van der Waals surface area contributed by atoms with Crippen molar-refractivity contribution in [1.82, 2.24) is 25.9 Å². The summed E-state index contributed by atoms with van der Waals surface area (Å²) in [5.41, 5.74) is 7.06. The first-order valence-electron chi connectivity index (χ1n) is 5.39. The van der Waals surface area contributed by atoms with Crippen LogP contribution in [0.1, 0.15) is 5.56 Å². The second-order valence-electron chi connectivity index (χ2n) is 3.90. The van der Waals surface area contributed by atoms with Gasteiger partial charge in [0.15, 0.2) is 5.66 Å². The van der Waals surface area contributed by atoms with E-state index < -0.39 is 5.66 Å². The van der Waals surface area contributed by atoms with Crippen molar-refractivity contribution < 1.29 is 0 Å². The second-order valence-corrected chi connectivity index (χ2v) is 3.90. The summed E-state index contributed by atoms with van der Waals surface area (Å²) in [7, 11) is 0. The van der Waals surface area contributed by atoms with E-state index in [9.17, 15) is 0 Å². The highest BCUT2D eigenvalue weighted by molar-refractivity contribution is 5.61. The Balaban J connectivity index is 2.04. The van der Waals surface area contributed by atoms with E-state index in [1.54, 1.807) is 18.6 Å². The molecule has 18 heavy (non-hydrogen) atoms. The summed E-state index contributed by atoms with van der Waals surface area (Å²) in [6, 6.07) is 7.60. The number of nitrogens with zero attached hydrogens (tertiary/aromatic N) is 4. The van der Waals surface area contributed by atoms with E-state index in [1.807, 2.05) is 24.3 Å². The van der Waals surface area contributed by atoms with Crippen LogP contribution < -0.4 is 11.1 Å². The Hall–Kier alpha value is -2.54. The Morgan fingerprint density at radius 1 is 1.28 bits per heavy atom. The molecule has 0 bridgehead atoms. The first-order valence-corrected chi connectivity index (χ1v) is 5.39. The number of H-pyrrole nitrogens is 1. The summed E-state index contributed by atoms with van der Waals surface area (Å²) in [6.07, 6.45) is 5.12. The van der Waals surface area contributed by atoms with Gasteiger partial charge in [-0.15, -0.1) is 10.2 Å². The fourth-order valence-electron chi connectivity index (χ4n) is 1.77. The molecule has 0 radical (unpaired) electrons. The van der Waals surface area contributed by atoms with Gasteiger partial charge < -0.3 is 5.32 Å². The van der Waals surface area contributed by atoms with Crippen molar-refractivity contribution in [2.45, 2.75) is 5.66 Å². The predicted octanol–water partition coefficient (Wildman–Crippen LogP) is 0.123. The number of aromatic amines is 1. The quantitative estimate of drug-likeness (QED) is 0.692. The van der Waals surface area contributed by atoms with Crippen LogP contribution in [0.5, 0.6) is 0 Å². The van der Waals surface area contributed by atoms with Gasteiger partial charge in [-0.05, 0) is 22.9 Å². The van der Waals surface area contributed by atoms with Crippen LogP contribution >= 0.6 is 0 Å². The van der Waals surface area contributed by atoms with Crippen molar-refractivity contribution in [3.05, 3.63) is 42.1 Å². The summed E-state index contributed by atoms with van der Waals surface area (Å²) in [4.78, 5) is 4.24. The van der Waals surface area contributed by atoms with Crippen molar-refractivity contribution in [2.75, 3.05) is 0 Å². The second kappa shape index (κ2) is 4.04. The third-order valence-corrected chi connectivity index (χ3v) is 2.71. The Labute approximate surface area is 103 Å². The minimum absolute atomic E-state index is 0.530. The van der Waals surface area contributed by atoms with Crippen LogP contribution in [0.25, 0.3) is 11.4 Å². The first kappa shape index (κ1) is 10.6. The monoisotopic (exact) mass is 241 g/mol. The standard InChI is InChI=1S/C11H11N7/c12-11(4-5-13-7-14-11)9-3-1-2-8(6-9)10-15-17-18-16-10/h1-7H,12H2,(H,13,14)(H,15,16,17,18). The summed E-state index contributed by atoms with van der Waals surface area (Å²) < 4.78 is 0. The number of rotatable bonds is 2. The molecule has 7 heteroatoms. The van der Waals surface area contributed by atoms with Crippen LogP contribution in [0.2, 0.25) is 0 Å². The molecule has 0 saturated carbocycles. The van der Waals surface area contributed by atoms with Crippen molar-refractivity contribution in [2.24, 2.45) is 10.7 Å². The maximum Gasteiger partial charge on any atom is 0.204 e. The van der Waals surface area contributed by atoms with Gasteiger partial charge in [0.05, 0.1) is 6.34 Å². The van der Waals surface area contributed by atoms with Crippen LogP contribution in [0.15, 0.2) is 41.5 Å². The van der Waals surface area contributed by atoms with E-state index in [4.69, 9.17) is 5.73 Å². The molecule has 4 N–H and O–H groups in total. The lowest BCUT2D eigenvalue weighted by molar-refractivity contribution is 0.587. The largest absolute Gasteiger partial charge is 0.353 e. The van der Waals surface area contributed by atoms with Gasteiger partial charge in [-0.25, -0.2) is 4.99 Å². The molecule has 1 unspecified atom stereocenters. The lowest BCUT2D eigenvalue weighted by atomic mass is 9.98. The highest BCUT2D eigenvalue weighted by atomic mass is 15.5. The fourth-order valence-corrected chi connectivity index (χ4v) is 1.77. The molecule has 1 atom stereocenters. The molecule has 3 rings (SSSR count). The van der Waals surface area contributed by atoms with Crippen molar-refractivity contribution in [3.8, 4) is 11.4 Å². The maximum absolute atomic E-state index is 6.21. The van der Waals surface area contributed by atoms with Gasteiger partial charge in [0.1, 0.15) is 0 Å². The lowest BCUT2D eigenvalue weighted by Gasteiger charge is -2.24. The predicted molar refractivity (Wildman–Crippen MR) is 66.2 cm³/mol. The number of aliphatic imine (C=N–C) groups is 1. The molecular weight excluding hydrogens is 230 g/mol. The normalized spacial score (nSPS) is 21.8. The van der Waals surface area contributed by atoms with Gasteiger partial charge in [-0.2, -0.15) is 5.21 Å². The van der Waals surface area contributed by atoms with E-state index in [2.05, 4.69) is 30.9 Å². The SMILES string of the molecule is NC1(c2cccc(-c3nn[nH]n3)c2)C=CNC=N1. The van der Waals surface area contributed by atoms with Crippen molar-refractivity contribution in [1.29, 1.82) is 0 Å². The number of benzene rings is 1. The highest BCUT2D eigenvalue weighted by Crippen LogP contribution is 2.25. The summed E-state index contributed by atoms with van der Waals surface area (Å²) in [6.45, 7) is 0. The van der Waals surface area contributed by atoms with Crippen LogP contribution in [0.4, 0.5) is 0 Å². The van der Waals surface area contributed by atoms with Gasteiger partial charge in [0.2, 0.25) is 5.82 Å². The van der Waals surface area contributed by atoms with Crippen LogP contribution in [0, 0.1) is 0 Å². The van der Waals surface area contributed by atoms with Crippen LogP contribution in [-0.2, 0) is 5.66 Å². The molecule has 1 aliphatic rings.